The Hall–Kier alpha value is -1.60. The maximum absolute atomic E-state index is 12.9. The van der Waals surface area contributed by atoms with Gasteiger partial charge in [0.05, 0.1) is 20.9 Å². The van der Waals surface area contributed by atoms with Crippen LogP contribution < -0.4 is 4.90 Å². The molecule has 0 atom stereocenters. The first kappa shape index (κ1) is 20.7. The lowest BCUT2D eigenvalue weighted by atomic mass is 10.1. The van der Waals surface area contributed by atoms with E-state index in [2.05, 4.69) is 4.90 Å². The summed E-state index contributed by atoms with van der Waals surface area (Å²) >= 11 is 13.8. The Morgan fingerprint density at radius 1 is 1.07 bits per heavy atom. The minimum absolute atomic E-state index is 0.355. The van der Waals surface area contributed by atoms with Crippen LogP contribution in [-0.2, 0) is 9.84 Å². The SMILES string of the molecule is Cc1ccc(S(=O)(=O)C2CCN(c3nc(-c4ccc(Cl)cc4Cl)cs3)CC2)cc1. The number of nitrogens with zero attached hydrogens (tertiary/aromatic N) is 2. The molecule has 3 aromatic rings. The molecular weight excluding hydrogens is 447 g/mol. The minimum atomic E-state index is -3.31. The third-order valence-electron chi connectivity index (χ3n) is 5.20. The zero-order valence-corrected chi connectivity index (χ0v) is 19.0. The lowest BCUT2D eigenvalue weighted by molar-refractivity contribution is 0.529. The number of aryl methyl sites for hydroxylation is 1. The third-order valence-corrected chi connectivity index (χ3v) is 8.93. The van der Waals surface area contributed by atoms with Crippen molar-refractivity contribution in [2.24, 2.45) is 0 Å². The van der Waals surface area contributed by atoms with Gasteiger partial charge in [-0.15, -0.1) is 11.3 Å². The summed E-state index contributed by atoms with van der Waals surface area (Å²) < 4.78 is 25.9. The van der Waals surface area contributed by atoms with E-state index in [1.54, 1.807) is 35.6 Å². The molecule has 0 amide bonds. The van der Waals surface area contributed by atoms with Crippen LogP contribution in [0.2, 0.25) is 10.0 Å². The van der Waals surface area contributed by atoms with E-state index in [-0.39, 0.29) is 5.25 Å². The number of piperidine rings is 1. The van der Waals surface area contributed by atoms with Crippen molar-refractivity contribution in [2.45, 2.75) is 29.9 Å². The molecule has 0 N–H and O–H groups in total. The topological polar surface area (TPSA) is 50.3 Å². The van der Waals surface area contributed by atoms with Gasteiger partial charge in [0.15, 0.2) is 15.0 Å². The van der Waals surface area contributed by atoms with Gasteiger partial charge < -0.3 is 4.90 Å². The molecule has 0 unspecified atom stereocenters. The van der Waals surface area contributed by atoms with Crippen LogP contribution in [0.15, 0.2) is 52.7 Å². The second kappa shape index (κ2) is 8.26. The van der Waals surface area contributed by atoms with Crippen LogP contribution in [0.1, 0.15) is 18.4 Å². The van der Waals surface area contributed by atoms with Gasteiger partial charge in [-0.2, -0.15) is 0 Å². The second-order valence-corrected chi connectivity index (χ2v) is 11.1. The molecule has 0 aliphatic carbocycles. The molecule has 152 valence electrons. The van der Waals surface area contributed by atoms with Crippen molar-refractivity contribution < 1.29 is 8.42 Å². The van der Waals surface area contributed by atoms with Crippen molar-refractivity contribution in [1.29, 1.82) is 0 Å². The highest BCUT2D eigenvalue weighted by molar-refractivity contribution is 7.92. The molecule has 0 spiro atoms. The lowest BCUT2D eigenvalue weighted by Crippen LogP contribution is -2.39. The first-order chi connectivity index (χ1) is 13.8. The predicted molar refractivity (Wildman–Crippen MR) is 121 cm³/mol. The molecule has 4 rings (SSSR count). The normalized spacial score (nSPS) is 15.6. The number of halogens is 2. The van der Waals surface area contributed by atoms with E-state index in [4.69, 9.17) is 28.2 Å². The molecule has 2 aromatic carbocycles. The Morgan fingerprint density at radius 3 is 2.41 bits per heavy atom. The highest BCUT2D eigenvalue weighted by atomic mass is 35.5. The Labute approximate surface area is 185 Å². The summed E-state index contributed by atoms with van der Waals surface area (Å²) in [5, 5.41) is 3.66. The molecule has 1 fully saturated rings. The zero-order valence-electron chi connectivity index (χ0n) is 15.8. The number of sulfone groups is 1. The highest BCUT2D eigenvalue weighted by Crippen LogP contribution is 2.35. The number of aromatic nitrogens is 1. The zero-order chi connectivity index (χ0) is 20.6. The summed E-state index contributed by atoms with van der Waals surface area (Å²) in [6.07, 6.45) is 1.18. The van der Waals surface area contributed by atoms with Crippen molar-refractivity contribution in [1.82, 2.24) is 4.98 Å². The Balaban J connectivity index is 1.46. The van der Waals surface area contributed by atoms with Crippen LogP contribution in [0.25, 0.3) is 11.3 Å². The molecule has 0 saturated carbocycles. The maximum atomic E-state index is 12.9. The second-order valence-electron chi connectivity index (χ2n) is 7.18. The van der Waals surface area contributed by atoms with Crippen LogP contribution in [-0.4, -0.2) is 31.7 Å². The number of anilines is 1. The average Bonchev–Trinajstić information content (AvgIpc) is 3.18. The van der Waals surface area contributed by atoms with E-state index < -0.39 is 9.84 Å². The summed E-state index contributed by atoms with van der Waals surface area (Å²) in [4.78, 5) is 7.28. The fourth-order valence-electron chi connectivity index (χ4n) is 3.51. The summed E-state index contributed by atoms with van der Waals surface area (Å²) in [5.74, 6) is 0. The number of benzene rings is 2. The largest absolute Gasteiger partial charge is 0.348 e. The van der Waals surface area contributed by atoms with Gasteiger partial charge in [-0.05, 0) is 50.1 Å². The van der Waals surface area contributed by atoms with Crippen LogP contribution in [0.5, 0.6) is 0 Å². The molecule has 0 radical (unpaired) electrons. The number of rotatable bonds is 4. The number of hydrogen-bond acceptors (Lipinski definition) is 5. The number of hydrogen-bond donors (Lipinski definition) is 0. The predicted octanol–water partition coefficient (Wildman–Crippen LogP) is 5.87. The van der Waals surface area contributed by atoms with E-state index in [1.165, 1.54) is 0 Å². The fourth-order valence-corrected chi connectivity index (χ4v) is 6.62. The third kappa shape index (κ3) is 4.31. The van der Waals surface area contributed by atoms with Gasteiger partial charge >= 0.3 is 0 Å². The van der Waals surface area contributed by atoms with Gasteiger partial charge in [0, 0.05) is 29.1 Å². The molecular formula is C21H20Cl2N2O2S2. The molecule has 1 saturated heterocycles. The van der Waals surface area contributed by atoms with E-state index in [0.717, 1.165) is 22.0 Å². The highest BCUT2D eigenvalue weighted by Gasteiger charge is 2.32. The number of thiazole rings is 1. The van der Waals surface area contributed by atoms with Gasteiger partial charge in [-0.25, -0.2) is 13.4 Å². The van der Waals surface area contributed by atoms with Gasteiger partial charge in [0.1, 0.15) is 0 Å². The van der Waals surface area contributed by atoms with Gasteiger partial charge in [-0.1, -0.05) is 40.9 Å². The van der Waals surface area contributed by atoms with E-state index >= 15 is 0 Å². The van der Waals surface area contributed by atoms with Crippen LogP contribution in [0, 0.1) is 6.92 Å². The summed E-state index contributed by atoms with van der Waals surface area (Å²) in [6, 6.07) is 12.5. The monoisotopic (exact) mass is 466 g/mol. The van der Waals surface area contributed by atoms with Crippen LogP contribution in [0.3, 0.4) is 0 Å². The lowest BCUT2D eigenvalue weighted by Gasteiger charge is -2.31. The maximum Gasteiger partial charge on any atom is 0.185 e. The van der Waals surface area contributed by atoms with Crippen molar-refractivity contribution in [2.75, 3.05) is 18.0 Å². The van der Waals surface area contributed by atoms with Crippen LogP contribution in [0.4, 0.5) is 5.13 Å². The smallest absolute Gasteiger partial charge is 0.185 e. The van der Waals surface area contributed by atoms with Crippen LogP contribution >= 0.6 is 34.5 Å². The van der Waals surface area contributed by atoms with Gasteiger partial charge in [0.2, 0.25) is 0 Å². The molecule has 2 heterocycles. The molecule has 1 aliphatic rings. The molecule has 4 nitrogen and oxygen atoms in total. The fraction of sp³-hybridized carbons (Fsp3) is 0.286. The van der Waals surface area contributed by atoms with Crippen molar-refractivity contribution in [3.8, 4) is 11.3 Å². The molecule has 0 bridgehead atoms. The Kier molecular flexibility index (Phi) is 5.89. The first-order valence-corrected chi connectivity index (χ1v) is 12.5. The summed E-state index contributed by atoms with van der Waals surface area (Å²) in [5.41, 5.74) is 2.70. The van der Waals surface area contributed by atoms with E-state index in [0.29, 0.717) is 40.9 Å². The van der Waals surface area contributed by atoms with E-state index in [9.17, 15) is 8.42 Å². The molecule has 1 aromatic heterocycles. The molecule has 1 aliphatic heterocycles. The Morgan fingerprint density at radius 2 is 1.76 bits per heavy atom. The average molecular weight is 467 g/mol. The van der Waals surface area contributed by atoms with E-state index in [1.807, 2.05) is 30.5 Å². The standard InChI is InChI=1S/C21H20Cl2N2O2S2/c1-14-2-5-16(6-3-14)29(26,27)17-8-10-25(11-9-17)21-24-20(13-28-21)18-7-4-15(22)12-19(18)23/h2-7,12-13,17H,8-11H2,1H3. The first-order valence-electron chi connectivity index (χ1n) is 9.31. The quantitative estimate of drug-likeness (QED) is 0.482. The molecule has 8 heteroatoms. The Bertz CT molecular complexity index is 1120. The van der Waals surface area contributed by atoms with Crippen molar-refractivity contribution in [3.05, 3.63) is 63.5 Å². The summed E-state index contributed by atoms with van der Waals surface area (Å²) in [7, 11) is -3.31. The van der Waals surface area contributed by atoms with Crippen molar-refractivity contribution in [3.63, 3.8) is 0 Å². The summed E-state index contributed by atoms with van der Waals surface area (Å²) in [6.45, 7) is 3.28. The molecule has 29 heavy (non-hydrogen) atoms. The van der Waals surface area contributed by atoms with Gasteiger partial charge in [-0.3, -0.25) is 0 Å². The van der Waals surface area contributed by atoms with Crippen molar-refractivity contribution >= 4 is 49.5 Å². The van der Waals surface area contributed by atoms with Gasteiger partial charge in [0.25, 0.3) is 0 Å². The minimum Gasteiger partial charge on any atom is -0.348 e.